The summed E-state index contributed by atoms with van der Waals surface area (Å²) in [6.07, 6.45) is 1.78. The van der Waals surface area contributed by atoms with Crippen LogP contribution in [0.15, 0.2) is 48.7 Å². The van der Waals surface area contributed by atoms with Gasteiger partial charge in [-0.15, -0.1) is 0 Å². The van der Waals surface area contributed by atoms with Gasteiger partial charge in [0.05, 0.1) is 0 Å². The fourth-order valence-electron chi connectivity index (χ4n) is 3.95. The zero-order valence-corrected chi connectivity index (χ0v) is 20.1. The summed E-state index contributed by atoms with van der Waals surface area (Å²) in [5.41, 5.74) is 3.18. The zero-order chi connectivity index (χ0) is 23.6. The van der Waals surface area contributed by atoms with Crippen LogP contribution in [0.4, 0.5) is 17.5 Å². The number of nitrogens with zero attached hydrogens (tertiary/aromatic N) is 5. The molecule has 7 heteroatoms. The van der Waals surface area contributed by atoms with Gasteiger partial charge in [-0.05, 0) is 54.7 Å². The molecule has 1 fully saturated rings. The van der Waals surface area contributed by atoms with E-state index in [0.29, 0.717) is 24.7 Å². The standard InChI is InChI=1S/C26H32N6O/c1-18-10-11-27-22(16-18)30-23-17-24(29-19(2)28-23)31-12-14-32(15-13-31)25(33)20-6-8-21(9-7-20)26(3,4)5/h6-11,16-17H,12-15H2,1-5H3,(H,27,28,29,30). The van der Waals surface area contributed by atoms with Crippen molar-refractivity contribution >= 4 is 23.4 Å². The monoisotopic (exact) mass is 444 g/mol. The highest BCUT2D eigenvalue weighted by Gasteiger charge is 2.24. The maximum absolute atomic E-state index is 13.0. The second-order valence-corrected chi connectivity index (χ2v) is 9.61. The van der Waals surface area contributed by atoms with Crippen LogP contribution in [0.2, 0.25) is 0 Å². The number of aryl methyl sites for hydroxylation is 2. The van der Waals surface area contributed by atoms with Gasteiger partial charge >= 0.3 is 0 Å². The molecule has 0 spiro atoms. The lowest BCUT2D eigenvalue weighted by molar-refractivity contribution is 0.0746. The number of carbonyl (C=O) groups excluding carboxylic acids is 1. The van der Waals surface area contributed by atoms with E-state index in [4.69, 9.17) is 0 Å². The molecule has 1 aromatic carbocycles. The van der Waals surface area contributed by atoms with E-state index >= 15 is 0 Å². The summed E-state index contributed by atoms with van der Waals surface area (Å²) in [6, 6.07) is 13.9. The van der Waals surface area contributed by atoms with E-state index in [-0.39, 0.29) is 11.3 Å². The van der Waals surface area contributed by atoms with Crippen molar-refractivity contribution in [3.8, 4) is 0 Å². The minimum Gasteiger partial charge on any atom is -0.353 e. The summed E-state index contributed by atoms with van der Waals surface area (Å²) in [7, 11) is 0. The Labute approximate surface area is 195 Å². The first-order chi connectivity index (χ1) is 15.7. The summed E-state index contributed by atoms with van der Waals surface area (Å²) < 4.78 is 0. The lowest BCUT2D eigenvalue weighted by Gasteiger charge is -2.35. The predicted molar refractivity (Wildman–Crippen MR) is 132 cm³/mol. The molecular weight excluding hydrogens is 412 g/mol. The van der Waals surface area contributed by atoms with Gasteiger partial charge in [0.25, 0.3) is 5.91 Å². The molecule has 0 bridgehead atoms. The van der Waals surface area contributed by atoms with Crippen molar-refractivity contribution in [1.82, 2.24) is 19.9 Å². The van der Waals surface area contributed by atoms with E-state index in [1.807, 2.05) is 49.1 Å². The Morgan fingerprint density at radius 3 is 2.24 bits per heavy atom. The van der Waals surface area contributed by atoms with Crippen LogP contribution in [0.25, 0.3) is 0 Å². The molecule has 172 valence electrons. The Hall–Kier alpha value is -3.48. The summed E-state index contributed by atoms with van der Waals surface area (Å²) in [4.78, 5) is 30.6. The summed E-state index contributed by atoms with van der Waals surface area (Å²) in [6.45, 7) is 13.2. The Morgan fingerprint density at radius 2 is 1.61 bits per heavy atom. The Balaban J connectivity index is 1.41. The first-order valence-electron chi connectivity index (χ1n) is 11.4. The number of rotatable bonds is 4. The van der Waals surface area contributed by atoms with Gasteiger partial charge in [0.1, 0.15) is 23.3 Å². The maximum atomic E-state index is 13.0. The third kappa shape index (κ3) is 5.48. The summed E-state index contributed by atoms with van der Waals surface area (Å²) >= 11 is 0. The van der Waals surface area contributed by atoms with E-state index in [0.717, 1.165) is 35.9 Å². The Kier molecular flexibility index (Phi) is 6.31. The molecule has 33 heavy (non-hydrogen) atoms. The number of benzene rings is 1. The van der Waals surface area contributed by atoms with E-state index in [9.17, 15) is 4.79 Å². The molecule has 0 atom stereocenters. The molecule has 2 aromatic heterocycles. The molecule has 0 unspecified atom stereocenters. The van der Waals surface area contributed by atoms with Gasteiger partial charge in [-0.1, -0.05) is 32.9 Å². The van der Waals surface area contributed by atoms with Gasteiger partial charge in [0, 0.05) is 44.0 Å². The first-order valence-corrected chi connectivity index (χ1v) is 11.4. The largest absolute Gasteiger partial charge is 0.353 e. The number of piperazine rings is 1. The number of amides is 1. The average molecular weight is 445 g/mol. The van der Waals surface area contributed by atoms with Crippen molar-refractivity contribution in [3.63, 3.8) is 0 Å². The van der Waals surface area contributed by atoms with E-state index in [1.165, 1.54) is 5.56 Å². The van der Waals surface area contributed by atoms with Gasteiger partial charge in [0.2, 0.25) is 0 Å². The van der Waals surface area contributed by atoms with Crippen molar-refractivity contribution in [2.45, 2.75) is 40.0 Å². The highest BCUT2D eigenvalue weighted by Crippen LogP contribution is 2.24. The van der Waals surface area contributed by atoms with Gasteiger partial charge in [0.15, 0.2) is 0 Å². The predicted octanol–water partition coefficient (Wildman–Crippen LogP) is 4.49. The topological polar surface area (TPSA) is 74.2 Å². The molecule has 1 N–H and O–H groups in total. The van der Waals surface area contributed by atoms with Crippen LogP contribution < -0.4 is 10.2 Å². The molecule has 0 radical (unpaired) electrons. The Morgan fingerprint density at radius 1 is 0.909 bits per heavy atom. The normalized spacial score (nSPS) is 14.3. The van der Waals surface area contributed by atoms with Crippen LogP contribution in [0.1, 0.15) is 48.1 Å². The van der Waals surface area contributed by atoms with Gasteiger partial charge in [-0.3, -0.25) is 4.79 Å². The fraction of sp³-hybridized carbons (Fsp3) is 0.385. The van der Waals surface area contributed by atoms with Crippen LogP contribution in [0.5, 0.6) is 0 Å². The van der Waals surface area contributed by atoms with Gasteiger partial charge in [-0.25, -0.2) is 15.0 Å². The Bertz CT molecular complexity index is 1130. The van der Waals surface area contributed by atoms with Crippen molar-refractivity contribution < 1.29 is 4.79 Å². The minimum absolute atomic E-state index is 0.0754. The van der Waals surface area contributed by atoms with Gasteiger partial charge in [-0.2, -0.15) is 0 Å². The average Bonchev–Trinajstić information content (AvgIpc) is 2.78. The molecule has 1 amide bonds. The van der Waals surface area contributed by atoms with Crippen LogP contribution >= 0.6 is 0 Å². The van der Waals surface area contributed by atoms with Crippen molar-refractivity contribution in [3.05, 3.63) is 71.2 Å². The van der Waals surface area contributed by atoms with E-state index < -0.39 is 0 Å². The van der Waals surface area contributed by atoms with Gasteiger partial charge < -0.3 is 15.1 Å². The highest BCUT2D eigenvalue weighted by atomic mass is 16.2. The van der Waals surface area contributed by atoms with Crippen molar-refractivity contribution in [2.24, 2.45) is 0 Å². The molecular formula is C26H32N6O. The molecule has 4 rings (SSSR count). The lowest BCUT2D eigenvalue weighted by Crippen LogP contribution is -2.49. The molecule has 1 saturated heterocycles. The summed E-state index contributed by atoms with van der Waals surface area (Å²) in [5.74, 6) is 3.11. The second kappa shape index (κ2) is 9.17. The van der Waals surface area contributed by atoms with Crippen LogP contribution in [-0.4, -0.2) is 51.9 Å². The number of pyridine rings is 1. The number of aromatic nitrogens is 3. The van der Waals surface area contributed by atoms with Crippen LogP contribution in [0, 0.1) is 13.8 Å². The molecule has 0 aliphatic carbocycles. The number of hydrogen-bond acceptors (Lipinski definition) is 6. The molecule has 7 nitrogen and oxygen atoms in total. The first kappa shape index (κ1) is 22.7. The van der Waals surface area contributed by atoms with Crippen molar-refractivity contribution in [1.29, 1.82) is 0 Å². The van der Waals surface area contributed by atoms with E-state index in [1.54, 1.807) is 6.20 Å². The lowest BCUT2D eigenvalue weighted by atomic mass is 9.86. The number of hydrogen-bond donors (Lipinski definition) is 1. The second-order valence-electron chi connectivity index (χ2n) is 9.61. The number of nitrogens with one attached hydrogen (secondary N) is 1. The molecule has 0 saturated carbocycles. The fourth-order valence-corrected chi connectivity index (χ4v) is 3.95. The quantitative estimate of drug-likeness (QED) is 0.639. The number of anilines is 3. The third-order valence-corrected chi connectivity index (χ3v) is 5.88. The van der Waals surface area contributed by atoms with Crippen LogP contribution in [-0.2, 0) is 5.41 Å². The molecule has 3 heterocycles. The van der Waals surface area contributed by atoms with Crippen LogP contribution in [0.3, 0.4) is 0 Å². The smallest absolute Gasteiger partial charge is 0.253 e. The number of carbonyl (C=O) groups is 1. The SMILES string of the molecule is Cc1ccnc(Nc2cc(N3CCN(C(=O)c4ccc(C(C)(C)C)cc4)CC3)nc(C)n2)c1. The highest BCUT2D eigenvalue weighted by molar-refractivity contribution is 5.94. The van der Waals surface area contributed by atoms with E-state index in [2.05, 4.69) is 58.1 Å². The van der Waals surface area contributed by atoms with Crippen molar-refractivity contribution in [2.75, 3.05) is 36.4 Å². The summed E-state index contributed by atoms with van der Waals surface area (Å²) in [5, 5.41) is 3.28. The molecule has 1 aliphatic rings. The third-order valence-electron chi connectivity index (χ3n) is 5.88. The molecule has 3 aromatic rings. The zero-order valence-electron chi connectivity index (χ0n) is 20.1. The molecule has 1 aliphatic heterocycles. The maximum Gasteiger partial charge on any atom is 0.253 e. The minimum atomic E-state index is 0.0754.